The molecule has 1 aliphatic carbocycles. The molecule has 0 aromatic heterocycles. The van der Waals surface area contributed by atoms with Crippen LogP contribution in [-0.4, -0.2) is 25.0 Å². The van der Waals surface area contributed by atoms with Gasteiger partial charge in [0.1, 0.15) is 0 Å². The van der Waals surface area contributed by atoms with Crippen molar-refractivity contribution in [1.82, 2.24) is 10.6 Å². The van der Waals surface area contributed by atoms with Gasteiger partial charge >= 0.3 is 0 Å². The molecule has 0 saturated heterocycles. The number of amides is 1. The van der Waals surface area contributed by atoms with Crippen molar-refractivity contribution < 1.29 is 4.79 Å². The summed E-state index contributed by atoms with van der Waals surface area (Å²) in [5.74, 6) is 1.01. The van der Waals surface area contributed by atoms with Gasteiger partial charge in [-0.3, -0.25) is 4.79 Å². The summed E-state index contributed by atoms with van der Waals surface area (Å²) in [7, 11) is 0. The van der Waals surface area contributed by atoms with E-state index in [1.54, 1.807) is 0 Å². The topological polar surface area (TPSA) is 41.1 Å². The van der Waals surface area contributed by atoms with E-state index in [1.807, 2.05) is 0 Å². The number of carbonyl (C=O) groups excluding carboxylic acids is 1. The first-order valence-corrected chi connectivity index (χ1v) is 6.76. The van der Waals surface area contributed by atoms with Crippen molar-refractivity contribution in [2.24, 2.45) is 5.92 Å². The number of hydrogen-bond acceptors (Lipinski definition) is 2. The molecule has 2 atom stereocenters. The molecule has 0 aromatic carbocycles. The molecule has 2 unspecified atom stereocenters. The highest BCUT2D eigenvalue weighted by Gasteiger charge is 2.20. The van der Waals surface area contributed by atoms with Crippen molar-refractivity contribution in [3.8, 4) is 0 Å². The summed E-state index contributed by atoms with van der Waals surface area (Å²) in [4.78, 5) is 11.4. The van der Waals surface area contributed by atoms with Crippen LogP contribution in [0.2, 0.25) is 0 Å². The Kier molecular flexibility index (Phi) is 6.46. The lowest BCUT2D eigenvalue weighted by Gasteiger charge is -2.29. The van der Waals surface area contributed by atoms with Gasteiger partial charge in [-0.05, 0) is 25.2 Å². The van der Waals surface area contributed by atoms with Crippen LogP contribution in [0.15, 0.2) is 0 Å². The Balaban J connectivity index is 2.14. The molecule has 0 bridgehead atoms. The molecule has 2 N–H and O–H groups in total. The van der Waals surface area contributed by atoms with E-state index in [-0.39, 0.29) is 5.91 Å². The van der Waals surface area contributed by atoms with Crippen LogP contribution < -0.4 is 10.6 Å². The largest absolute Gasteiger partial charge is 0.355 e. The zero-order valence-corrected chi connectivity index (χ0v) is 10.7. The lowest BCUT2D eigenvalue weighted by molar-refractivity contribution is -0.120. The molecule has 16 heavy (non-hydrogen) atoms. The quantitative estimate of drug-likeness (QED) is 0.728. The number of hydrogen-bond donors (Lipinski definition) is 2. The molecule has 3 heteroatoms. The summed E-state index contributed by atoms with van der Waals surface area (Å²) in [6.45, 7) is 5.62. The maximum atomic E-state index is 11.4. The maximum absolute atomic E-state index is 11.4. The number of rotatable bonds is 6. The van der Waals surface area contributed by atoms with Crippen molar-refractivity contribution in [3.63, 3.8) is 0 Å². The average Bonchev–Trinajstić information content (AvgIpc) is 2.34. The fraction of sp³-hybridized carbons (Fsp3) is 0.923. The van der Waals surface area contributed by atoms with Crippen LogP contribution in [0, 0.1) is 5.92 Å². The fourth-order valence-corrected chi connectivity index (χ4v) is 2.41. The van der Waals surface area contributed by atoms with Crippen molar-refractivity contribution in [2.45, 2.75) is 58.4 Å². The number of nitrogens with one attached hydrogen (secondary N) is 2. The summed E-state index contributed by atoms with van der Waals surface area (Å²) >= 11 is 0. The van der Waals surface area contributed by atoms with Crippen molar-refractivity contribution in [3.05, 3.63) is 0 Å². The smallest absolute Gasteiger partial charge is 0.233 e. The van der Waals surface area contributed by atoms with Crippen LogP contribution in [0.5, 0.6) is 0 Å². The Morgan fingerprint density at radius 3 is 2.81 bits per heavy atom. The monoisotopic (exact) mass is 226 g/mol. The van der Waals surface area contributed by atoms with Crippen molar-refractivity contribution >= 4 is 5.91 Å². The van der Waals surface area contributed by atoms with Gasteiger partial charge in [0, 0.05) is 12.6 Å². The third-order valence-corrected chi connectivity index (χ3v) is 3.48. The lowest BCUT2D eigenvalue weighted by Crippen LogP contribution is -2.41. The van der Waals surface area contributed by atoms with Gasteiger partial charge in [0.2, 0.25) is 5.91 Å². The van der Waals surface area contributed by atoms with E-state index >= 15 is 0 Å². The highest BCUT2D eigenvalue weighted by atomic mass is 16.1. The molecule has 1 amide bonds. The first-order valence-electron chi connectivity index (χ1n) is 6.76. The molecular weight excluding hydrogens is 200 g/mol. The van der Waals surface area contributed by atoms with Gasteiger partial charge in [-0.2, -0.15) is 0 Å². The second-order valence-corrected chi connectivity index (χ2v) is 4.87. The van der Waals surface area contributed by atoms with Crippen LogP contribution in [0.4, 0.5) is 0 Å². The highest BCUT2D eigenvalue weighted by Crippen LogP contribution is 2.26. The normalized spacial score (nSPS) is 25.4. The summed E-state index contributed by atoms with van der Waals surface area (Å²) in [6, 6.07) is 0.561. The van der Waals surface area contributed by atoms with Gasteiger partial charge in [0.15, 0.2) is 0 Å². The van der Waals surface area contributed by atoms with Gasteiger partial charge in [0.05, 0.1) is 6.54 Å². The molecule has 0 radical (unpaired) electrons. The molecule has 3 nitrogen and oxygen atoms in total. The van der Waals surface area contributed by atoms with Gasteiger partial charge in [-0.1, -0.05) is 33.1 Å². The first-order chi connectivity index (χ1) is 7.76. The maximum Gasteiger partial charge on any atom is 0.233 e. The Labute approximate surface area is 99.4 Å². The first kappa shape index (κ1) is 13.5. The Hall–Kier alpha value is -0.570. The fourth-order valence-electron chi connectivity index (χ4n) is 2.41. The summed E-state index contributed by atoms with van der Waals surface area (Å²) < 4.78 is 0. The minimum atomic E-state index is 0.139. The van der Waals surface area contributed by atoms with E-state index in [0.717, 1.165) is 18.9 Å². The molecule has 0 aliphatic heterocycles. The Bertz CT molecular complexity index is 206. The molecule has 0 aromatic rings. The predicted octanol–water partition coefficient (Wildman–Crippen LogP) is 2.07. The molecule has 0 spiro atoms. The van der Waals surface area contributed by atoms with E-state index < -0.39 is 0 Å². The Morgan fingerprint density at radius 1 is 1.31 bits per heavy atom. The van der Waals surface area contributed by atoms with Crippen LogP contribution in [0.1, 0.15) is 52.4 Å². The van der Waals surface area contributed by atoms with Gasteiger partial charge in [0.25, 0.3) is 0 Å². The second-order valence-electron chi connectivity index (χ2n) is 4.87. The molecule has 1 saturated carbocycles. The van der Waals surface area contributed by atoms with E-state index in [2.05, 4.69) is 24.5 Å². The zero-order valence-electron chi connectivity index (χ0n) is 10.7. The third kappa shape index (κ3) is 4.97. The molecular formula is C13H26N2O. The van der Waals surface area contributed by atoms with Crippen LogP contribution >= 0.6 is 0 Å². The minimum absolute atomic E-state index is 0.139. The van der Waals surface area contributed by atoms with Crippen LogP contribution in [-0.2, 0) is 4.79 Å². The van der Waals surface area contributed by atoms with Gasteiger partial charge in [-0.15, -0.1) is 0 Å². The van der Waals surface area contributed by atoms with E-state index in [0.29, 0.717) is 12.6 Å². The Morgan fingerprint density at radius 2 is 2.12 bits per heavy atom. The lowest BCUT2D eigenvalue weighted by atomic mass is 9.84. The second kappa shape index (κ2) is 7.66. The van der Waals surface area contributed by atoms with Crippen LogP contribution in [0.3, 0.4) is 0 Å². The van der Waals surface area contributed by atoms with E-state index in [1.165, 1.54) is 32.1 Å². The average molecular weight is 226 g/mol. The number of carbonyl (C=O) groups is 1. The molecule has 1 rings (SSSR count). The molecule has 1 aliphatic rings. The molecule has 1 fully saturated rings. The van der Waals surface area contributed by atoms with Gasteiger partial charge in [-0.25, -0.2) is 0 Å². The van der Waals surface area contributed by atoms with Crippen molar-refractivity contribution in [1.29, 1.82) is 0 Å². The zero-order chi connectivity index (χ0) is 11.8. The minimum Gasteiger partial charge on any atom is -0.355 e. The molecule has 94 valence electrons. The third-order valence-electron chi connectivity index (χ3n) is 3.48. The summed E-state index contributed by atoms with van der Waals surface area (Å²) in [5, 5.41) is 6.28. The SMILES string of the molecule is CCCNC(=O)CNC1CCCC(CC)C1. The van der Waals surface area contributed by atoms with Gasteiger partial charge < -0.3 is 10.6 Å². The van der Waals surface area contributed by atoms with Crippen LogP contribution in [0.25, 0.3) is 0 Å². The summed E-state index contributed by atoms with van der Waals surface area (Å²) in [5.41, 5.74) is 0. The molecule has 0 heterocycles. The highest BCUT2D eigenvalue weighted by molar-refractivity contribution is 5.77. The van der Waals surface area contributed by atoms with E-state index in [4.69, 9.17) is 0 Å². The predicted molar refractivity (Wildman–Crippen MR) is 67.3 cm³/mol. The standard InChI is InChI=1S/C13H26N2O/c1-3-8-14-13(16)10-15-12-7-5-6-11(4-2)9-12/h11-12,15H,3-10H2,1-2H3,(H,14,16). The summed E-state index contributed by atoms with van der Waals surface area (Å²) in [6.07, 6.45) is 7.45. The van der Waals surface area contributed by atoms with Crippen molar-refractivity contribution in [2.75, 3.05) is 13.1 Å². The van der Waals surface area contributed by atoms with E-state index in [9.17, 15) is 4.79 Å².